The van der Waals surface area contributed by atoms with Crippen LogP contribution >= 0.6 is 12.6 Å². The van der Waals surface area contributed by atoms with Crippen LogP contribution in [-0.2, 0) is 4.79 Å². The highest BCUT2D eigenvalue weighted by atomic mass is 32.1. The highest BCUT2D eigenvalue weighted by molar-refractivity contribution is 7.80. The number of rotatable bonds is 5. The summed E-state index contributed by atoms with van der Waals surface area (Å²) in [5.41, 5.74) is -0.529. The Hall–Kier alpha value is -2.16. The van der Waals surface area contributed by atoms with E-state index in [-0.39, 0.29) is 17.1 Å². The molecule has 0 aliphatic carbocycles. The maximum absolute atomic E-state index is 11.8. The van der Waals surface area contributed by atoms with Crippen LogP contribution in [0.2, 0.25) is 0 Å². The zero-order chi connectivity index (χ0) is 16.9. The van der Waals surface area contributed by atoms with E-state index in [0.717, 1.165) is 0 Å². The number of hydrogen-bond acceptors (Lipinski definition) is 6. The van der Waals surface area contributed by atoms with Crippen molar-refractivity contribution in [3.05, 3.63) is 29.0 Å². The second-order valence-electron chi connectivity index (χ2n) is 5.50. The molecule has 120 valence electrons. The van der Waals surface area contributed by atoms with Crippen LogP contribution in [0.3, 0.4) is 0 Å². The highest BCUT2D eigenvalue weighted by Gasteiger charge is 2.20. The summed E-state index contributed by atoms with van der Waals surface area (Å²) in [6, 6.07) is -1.10. The Bertz CT molecular complexity index is 581. The van der Waals surface area contributed by atoms with Crippen molar-refractivity contribution in [1.82, 2.24) is 15.3 Å². The van der Waals surface area contributed by atoms with Gasteiger partial charge in [-0.2, -0.15) is 12.6 Å². The molecular formula is C13H18N4O4S. The molecule has 0 fully saturated rings. The van der Waals surface area contributed by atoms with E-state index >= 15 is 0 Å². The Balaban J connectivity index is 2.85. The molecule has 1 aromatic heterocycles. The van der Waals surface area contributed by atoms with E-state index in [4.69, 9.17) is 5.11 Å². The van der Waals surface area contributed by atoms with Crippen molar-refractivity contribution in [3.8, 4) is 0 Å². The van der Waals surface area contributed by atoms with Gasteiger partial charge < -0.3 is 15.6 Å². The van der Waals surface area contributed by atoms with Gasteiger partial charge in [-0.1, -0.05) is 0 Å². The number of aliphatic carboxylic acids is 1. The first-order chi connectivity index (χ1) is 10.1. The third-order valence-corrected chi connectivity index (χ3v) is 2.98. The minimum absolute atomic E-state index is 0.0372. The standard InChI is InChI=1S/C13H18N4O4S/c1-13(2,3)17(21)6-10-14-4-8(5-15-10)11(18)16-9(7-22)12(19)20/h4-6,9,22H,7H2,1-3H3,(H,16,18)(H,19,20)/b17-6+. The van der Waals surface area contributed by atoms with Crippen molar-refractivity contribution in [1.29, 1.82) is 0 Å². The van der Waals surface area contributed by atoms with Crippen molar-refractivity contribution in [3.63, 3.8) is 0 Å². The third kappa shape index (κ3) is 4.99. The van der Waals surface area contributed by atoms with Crippen LogP contribution in [0.25, 0.3) is 0 Å². The average molecular weight is 326 g/mol. The topological polar surface area (TPSA) is 118 Å². The number of aromatic nitrogens is 2. The predicted molar refractivity (Wildman–Crippen MR) is 83.3 cm³/mol. The number of carboxylic acid groups (broad SMARTS) is 1. The molecule has 8 nitrogen and oxygen atoms in total. The largest absolute Gasteiger partial charge is 0.623 e. The van der Waals surface area contributed by atoms with Gasteiger partial charge in [-0.25, -0.2) is 19.5 Å². The zero-order valence-corrected chi connectivity index (χ0v) is 13.4. The molecule has 22 heavy (non-hydrogen) atoms. The number of thiol groups is 1. The van der Waals surface area contributed by atoms with Gasteiger partial charge >= 0.3 is 5.97 Å². The summed E-state index contributed by atoms with van der Waals surface area (Å²) in [5, 5.41) is 22.9. The van der Waals surface area contributed by atoms with E-state index in [1.54, 1.807) is 20.8 Å². The normalized spacial score (nSPS) is 13.5. The Morgan fingerprint density at radius 3 is 2.41 bits per heavy atom. The highest BCUT2D eigenvalue weighted by Crippen LogP contribution is 2.05. The second kappa shape index (κ2) is 7.21. The maximum Gasteiger partial charge on any atom is 0.327 e. The molecule has 0 saturated carbocycles. The number of hydrogen-bond donors (Lipinski definition) is 3. The van der Waals surface area contributed by atoms with Crippen molar-refractivity contribution < 1.29 is 19.4 Å². The molecule has 1 heterocycles. The van der Waals surface area contributed by atoms with Crippen LogP contribution in [0.15, 0.2) is 12.4 Å². The summed E-state index contributed by atoms with van der Waals surface area (Å²) < 4.78 is 0.712. The van der Waals surface area contributed by atoms with Crippen LogP contribution in [0.4, 0.5) is 0 Å². The van der Waals surface area contributed by atoms with Crippen molar-refractivity contribution in [2.45, 2.75) is 32.4 Å². The Kier molecular flexibility index (Phi) is 5.86. The van der Waals surface area contributed by atoms with Gasteiger partial charge in [0.25, 0.3) is 5.91 Å². The Morgan fingerprint density at radius 1 is 1.45 bits per heavy atom. The summed E-state index contributed by atoms with van der Waals surface area (Å²) in [5.74, 6) is -1.68. The molecule has 0 aromatic carbocycles. The van der Waals surface area contributed by atoms with E-state index in [1.165, 1.54) is 18.6 Å². The summed E-state index contributed by atoms with van der Waals surface area (Å²) in [4.78, 5) is 30.5. The van der Waals surface area contributed by atoms with Crippen LogP contribution in [-0.4, -0.2) is 55.2 Å². The van der Waals surface area contributed by atoms with Gasteiger partial charge in [-0.3, -0.25) is 4.79 Å². The van der Waals surface area contributed by atoms with E-state index in [0.29, 0.717) is 4.74 Å². The SMILES string of the molecule is CC(C)(C)/[N+]([O-])=C\c1ncc(C(=O)NC(CS)C(=O)O)cn1. The first kappa shape index (κ1) is 17.9. The monoisotopic (exact) mass is 326 g/mol. The van der Waals surface area contributed by atoms with E-state index in [2.05, 4.69) is 27.9 Å². The van der Waals surface area contributed by atoms with Crippen molar-refractivity contribution in [2.24, 2.45) is 0 Å². The number of nitrogens with one attached hydrogen (secondary N) is 1. The Labute approximate surface area is 133 Å². The molecule has 2 N–H and O–H groups in total. The predicted octanol–water partition coefficient (Wildman–Crippen LogP) is 0.317. The van der Waals surface area contributed by atoms with E-state index in [1.807, 2.05) is 0 Å². The zero-order valence-electron chi connectivity index (χ0n) is 12.5. The molecule has 1 amide bonds. The number of hydroxylamine groups is 1. The lowest BCUT2D eigenvalue weighted by Crippen LogP contribution is -2.42. The van der Waals surface area contributed by atoms with Gasteiger partial charge in [0.1, 0.15) is 6.04 Å². The number of carboxylic acids is 1. The molecule has 1 atom stereocenters. The number of amides is 1. The molecule has 1 unspecified atom stereocenters. The van der Waals surface area contributed by atoms with Gasteiger partial charge in [0.05, 0.1) is 5.56 Å². The molecule has 1 aromatic rings. The van der Waals surface area contributed by atoms with Crippen LogP contribution in [0.1, 0.15) is 37.0 Å². The number of carbonyl (C=O) groups is 2. The molecule has 0 spiro atoms. The minimum atomic E-state index is -1.18. The van der Waals surface area contributed by atoms with Crippen molar-refractivity contribution in [2.75, 3.05) is 5.75 Å². The summed E-state index contributed by atoms with van der Waals surface area (Å²) >= 11 is 3.85. The van der Waals surface area contributed by atoms with Crippen LogP contribution in [0.5, 0.6) is 0 Å². The second-order valence-corrected chi connectivity index (χ2v) is 5.87. The average Bonchev–Trinajstić information content (AvgIpc) is 2.43. The molecule has 0 radical (unpaired) electrons. The van der Waals surface area contributed by atoms with Gasteiger partial charge in [0.2, 0.25) is 12.0 Å². The smallest absolute Gasteiger partial charge is 0.327 e. The van der Waals surface area contributed by atoms with Gasteiger partial charge in [-0.05, 0) is 0 Å². The molecule has 0 saturated heterocycles. The molecule has 9 heteroatoms. The van der Waals surface area contributed by atoms with Gasteiger partial charge in [0, 0.05) is 38.9 Å². The fourth-order valence-electron chi connectivity index (χ4n) is 1.25. The van der Waals surface area contributed by atoms with Gasteiger partial charge in [-0.15, -0.1) is 0 Å². The van der Waals surface area contributed by atoms with Crippen molar-refractivity contribution >= 4 is 30.7 Å². The lowest BCUT2D eigenvalue weighted by molar-refractivity contribution is -0.530. The molecule has 1 rings (SSSR count). The first-order valence-electron chi connectivity index (χ1n) is 6.43. The van der Waals surface area contributed by atoms with E-state index < -0.39 is 23.5 Å². The fourth-order valence-corrected chi connectivity index (χ4v) is 1.49. The van der Waals surface area contributed by atoms with E-state index in [9.17, 15) is 14.8 Å². The quantitative estimate of drug-likeness (QED) is 0.236. The number of carbonyl (C=O) groups excluding carboxylic acids is 1. The van der Waals surface area contributed by atoms with Gasteiger partial charge in [0.15, 0.2) is 5.54 Å². The first-order valence-corrected chi connectivity index (χ1v) is 7.06. The molecule has 0 aliphatic heterocycles. The molecule has 0 aliphatic rings. The number of nitrogens with zero attached hydrogens (tertiary/aromatic N) is 3. The lowest BCUT2D eigenvalue weighted by atomic mass is 10.1. The van der Waals surface area contributed by atoms with Crippen LogP contribution in [0, 0.1) is 5.21 Å². The third-order valence-electron chi connectivity index (χ3n) is 2.61. The van der Waals surface area contributed by atoms with Crippen LogP contribution < -0.4 is 5.32 Å². The minimum Gasteiger partial charge on any atom is -0.623 e. The summed E-state index contributed by atoms with van der Waals surface area (Å²) in [7, 11) is 0. The molecular weight excluding hydrogens is 308 g/mol. The summed E-state index contributed by atoms with van der Waals surface area (Å²) in [6.45, 7) is 5.21. The fraction of sp³-hybridized carbons (Fsp3) is 0.462. The summed E-state index contributed by atoms with van der Waals surface area (Å²) in [6.07, 6.45) is 3.67. The molecule has 0 bridgehead atoms. The Morgan fingerprint density at radius 2 is 2.00 bits per heavy atom. The maximum atomic E-state index is 11.8. The lowest BCUT2D eigenvalue weighted by Gasteiger charge is -2.18.